The van der Waals surface area contributed by atoms with Gasteiger partial charge in [-0.05, 0) is 82.6 Å². The maximum absolute atomic E-state index is 13.1. The van der Waals surface area contributed by atoms with Gasteiger partial charge in [0.1, 0.15) is 17.9 Å². The molecule has 0 bridgehead atoms. The summed E-state index contributed by atoms with van der Waals surface area (Å²) in [7, 11) is 0. The van der Waals surface area contributed by atoms with Crippen molar-refractivity contribution in [2.75, 3.05) is 11.5 Å². The first-order chi connectivity index (χ1) is 13.8. The minimum Gasteiger partial charge on any atom is -0.488 e. The van der Waals surface area contributed by atoms with Gasteiger partial charge in [-0.2, -0.15) is 0 Å². The number of nitrogens with zero attached hydrogens (tertiary/aromatic N) is 1. The van der Waals surface area contributed by atoms with Crippen LogP contribution in [-0.2, 0) is 9.59 Å². The lowest BCUT2D eigenvalue weighted by Gasteiger charge is -2.30. The van der Waals surface area contributed by atoms with E-state index in [4.69, 9.17) is 17.0 Å². The van der Waals surface area contributed by atoms with Gasteiger partial charge < -0.3 is 4.74 Å². The molecule has 2 aromatic carbocycles. The lowest BCUT2D eigenvalue weighted by Crippen LogP contribution is -2.54. The number of thiocarbonyl (C=S) groups is 1. The average Bonchev–Trinajstić information content (AvgIpc) is 2.66. The van der Waals surface area contributed by atoms with Gasteiger partial charge in [0.2, 0.25) is 0 Å². The number of carbonyl (C=O) groups excluding carboxylic acids is 2. The minimum absolute atomic E-state index is 0.00687. The summed E-state index contributed by atoms with van der Waals surface area (Å²) in [5.74, 6) is -0.374. The second kappa shape index (κ2) is 9.02. The zero-order valence-corrected chi connectivity index (χ0v) is 19.4. The standard InChI is InChI=1S/C21H16Br2N2O3S/c1-3-8-28-18-7-4-13(11-16(18)23)10-15-19(26)24-21(29)25(20(15)27)17-6-5-14(22)9-12(17)2/h3-7,9-11H,1,8H2,2H3,(H,24,26,29)/b15-10+. The number of benzene rings is 2. The summed E-state index contributed by atoms with van der Waals surface area (Å²) in [4.78, 5) is 26.9. The van der Waals surface area contributed by atoms with Crippen molar-refractivity contribution in [2.24, 2.45) is 0 Å². The van der Waals surface area contributed by atoms with Crippen LogP contribution in [0.2, 0.25) is 0 Å². The van der Waals surface area contributed by atoms with Crippen LogP contribution in [0.5, 0.6) is 5.75 Å². The average molecular weight is 536 g/mol. The molecule has 0 spiro atoms. The number of carbonyl (C=O) groups is 2. The number of ether oxygens (including phenoxy) is 1. The van der Waals surface area contributed by atoms with Crippen molar-refractivity contribution >= 4 is 72.8 Å². The first-order valence-electron chi connectivity index (χ1n) is 8.52. The second-order valence-electron chi connectivity index (χ2n) is 6.18. The predicted molar refractivity (Wildman–Crippen MR) is 125 cm³/mol. The van der Waals surface area contributed by atoms with Gasteiger partial charge in [-0.25, -0.2) is 0 Å². The van der Waals surface area contributed by atoms with Crippen LogP contribution >= 0.6 is 44.1 Å². The molecule has 1 aliphatic rings. The van der Waals surface area contributed by atoms with Crippen LogP contribution in [0.15, 0.2) is 63.6 Å². The van der Waals surface area contributed by atoms with E-state index in [1.54, 1.807) is 30.3 Å². The van der Waals surface area contributed by atoms with Gasteiger partial charge in [-0.3, -0.25) is 19.8 Å². The zero-order valence-electron chi connectivity index (χ0n) is 15.4. The van der Waals surface area contributed by atoms with E-state index in [1.165, 1.54) is 11.0 Å². The van der Waals surface area contributed by atoms with Gasteiger partial charge in [0.15, 0.2) is 5.11 Å². The smallest absolute Gasteiger partial charge is 0.270 e. The summed E-state index contributed by atoms with van der Waals surface area (Å²) >= 11 is 12.1. The predicted octanol–water partition coefficient (Wildman–Crippen LogP) is 4.92. The highest BCUT2D eigenvalue weighted by Crippen LogP contribution is 2.30. The molecule has 0 radical (unpaired) electrons. The van der Waals surface area contributed by atoms with Crippen LogP contribution in [-0.4, -0.2) is 23.5 Å². The van der Waals surface area contributed by atoms with Crippen molar-refractivity contribution in [3.05, 3.63) is 74.7 Å². The van der Waals surface area contributed by atoms with Crippen LogP contribution in [0.4, 0.5) is 5.69 Å². The molecule has 3 rings (SSSR count). The first kappa shape index (κ1) is 21.4. The summed E-state index contributed by atoms with van der Waals surface area (Å²) in [6.07, 6.45) is 3.18. The third-order valence-electron chi connectivity index (χ3n) is 4.13. The normalized spacial score (nSPS) is 15.5. The molecule has 0 aliphatic carbocycles. The number of amides is 2. The Morgan fingerprint density at radius 2 is 1.97 bits per heavy atom. The first-order valence-corrected chi connectivity index (χ1v) is 10.5. The Morgan fingerprint density at radius 3 is 2.62 bits per heavy atom. The number of halogens is 2. The van der Waals surface area contributed by atoms with Crippen molar-refractivity contribution in [3.63, 3.8) is 0 Å². The molecular formula is C21H16Br2N2O3S. The summed E-state index contributed by atoms with van der Waals surface area (Å²) in [6.45, 7) is 5.86. The fourth-order valence-corrected chi connectivity index (χ4v) is 4.05. The Labute approximate surface area is 190 Å². The summed E-state index contributed by atoms with van der Waals surface area (Å²) < 4.78 is 7.11. The number of nitrogens with one attached hydrogen (secondary N) is 1. The van der Waals surface area contributed by atoms with E-state index in [2.05, 4.69) is 43.8 Å². The largest absolute Gasteiger partial charge is 0.488 e. The second-order valence-corrected chi connectivity index (χ2v) is 8.33. The topological polar surface area (TPSA) is 58.6 Å². The summed E-state index contributed by atoms with van der Waals surface area (Å²) in [5, 5.41) is 2.65. The molecule has 2 aromatic rings. The van der Waals surface area contributed by atoms with E-state index in [0.29, 0.717) is 28.1 Å². The van der Waals surface area contributed by atoms with Crippen LogP contribution in [0.3, 0.4) is 0 Å². The SMILES string of the molecule is C=CCOc1ccc(/C=C2\C(=O)NC(=S)N(c3ccc(Br)cc3C)C2=O)cc1Br. The van der Waals surface area contributed by atoms with Gasteiger partial charge in [0.05, 0.1) is 10.2 Å². The van der Waals surface area contributed by atoms with E-state index < -0.39 is 11.8 Å². The number of rotatable bonds is 5. The minimum atomic E-state index is -0.533. The highest BCUT2D eigenvalue weighted by Gasteiger charge is 2.35. The summed E-state index contributed by atoms with van der Waals surface area (Å²) in [6, 6.07) is 10.8. The van der Waals surface area contributed by atoms with E-state index in [1.807, 2.05) is 19.1 Å². The maximum Gasteiger partial charge on any atom is 0.270 e. The van der Waals surface area contributed by atoms with Crippen LogP contribution in [0, 0.1) is 6.92 Å². The molecule has 1 fully saturated rings. The van der Waals surface area contributed by atoms with Crippen LogP contribution in [0.25, 0.3) is 6.08 Å². The van der Waals surface area contributed by atoms with E-state index in [0.717, 1.165) is 10.0 Å². The van der Waals surface area contributed by atoms with E-state index in [-0.39, 0.29) is 10.7 Å². The monoisotopic (exact) mass is 534 g/mol. The molecule has 1 N–H and O–H groups in total. The number of aryl methyl sites for hydroxylation is 1. The number of anilines is 1. The third kappa shape index (κ3) is 4.66. The quantitative estimate of drug-likeness (QED) is 0.255. The van der Waals surface area contributed by atoms with Crippen molar-refractivity contribution < 1.29 is 14.3 Å². The molecule has 29 heavy (non-hydrogen) atoms. The van der Waals surface area contributed by atoms with E-state index >= 15 is 0 Å². The number of hydrogen-bond donors (Lipinski definition) is 1. The van der Waals surface area contributed by atoms with Crippen molar-refractivity contribution in [2.45, 2.75) is 6.92 Å². The lowest BCUT2D eigenvalue weighted by molar-refractivity contribution is -0.122. The Morgan fingerprint density at radius 1 is 1.21 bits per heavy atom. The molecule has 0 unspecified atom stereocenters. The highest BCUT2D eigenvalue weighted by atomic mass is 79.9. The molecular weight excluding hydrogens is 520 g/mol. The third-order valence-corrected chi connectivity index (χ3v) is 5.52. The molecule has 2 amide bonds. The van der Waals surface area contributed by atoms with Crippen molar-refractivity contribution in [1.29, 1.82) is 0 Å². The molecule has 0 aromatic heterocycles. The summed E-state index contributed by atoms with van der Waals surface area (Å²) in [5.41, 5.74) is 2.12. The van der Waals surface area contributed by atoms with Crippen LogP contribution < -0.4 is 15.0 Å². The fourth-order valence-electron chi connectivity index (χ4n) is 2.79. The van der Waals surface area contributed by atoms with Gasteiger partial charge >= 0.3 is 0 Å². The van der Waals surface area contributed by atoms with Gasteiger partial charge in [0, 0.05) is 4.47 Å². The Kier molecular flexibility index (Phi) is 6.66. The molecule has 1 aliphatic heterocycles. The van der Waals surface area contributed by atoms with Gasteiger partial charge in [-0.15, -0.1) is 0 Å². The molecule has 0 saturated carbocycles. The molecule has 1 saturated heterocycles. The lowest BCUT2D eigenvalue weighted by atomic mass is 10.1. The van der Waals surface area contributed by atoms with Crippen molar-refractivity contribution in [1.82, 2.24) is 5.32 Å². The molecule has 5 nitrogen and oxygen atoms in total. The maximum atomic E-state index is 13.1. The molecule has 8 heteroatoms. The van der Waals surface area contributed by atoms with E-state index in [9.17, 15) is 9.59 Å². The molecule has 148 valence electrons. The van der Waals surface area contributed by atoms with Gasteiger partial charge in [0.25, 0.3) is 11.8 Å². The Bertz CT molecular complexity index is 1070. The number of hydrogen-bond acceptors (Lipinski definition) is 4. The zero-order chi connectivity index (χ0) is 21.1. The van der Waals surface area contributed by atoms with Crippen LogP contribution in [0.1, 0.15) is 11.1 Å². The fraction of sp³-hybridized carbons (Fsp3) is 0.0952. The van der Waals surface area contributed by atoms with Gasteiger partial charge in [-0.1, -0.05) is 34.7 Å². The van der Waals surface area contributed by atoms with Crippen molar-refractivity contribution in [3.8, 4) is 5.75 Å². The molecule has 0 atom stereocenters. The molecule has 1 heterocycles. The Balaban J connectivity index is 1.97. The Hall–Kier alpha value is -2.29. The highest BCUT2D eigenvalue weighted by molar-refractivity contribution is 9.10.